The summed E-state index contributed by atoms with van der Waals surface area (Å²) in [6.07, 6.45) is 5.87. The molecule has 0 bridgehead atoms. The fourth-order valence-electron chi connectivity index (χ4n) is 2.35. The molecule has 2 N–H and O–H groups in total. The van der Waals surface area contributed by atoms with Gasteiger partial charge in [0.15, 0.2) is 0 Å². The Morgan fingerprint density at radius 2 is 2.26 bits per heavy atom. The van der Waals surface area contributed by atoms with Gasteiger partial charge in [-0.2, -0.15) is 0 Å². The van der Waals surface area contributed by atoms with Crippen molar-refractivity contribution in [2.75, 3.05) is 0 Å². The average molecular weight is 269 g/mol. The first-order valence-corrected chi connectivity index (χ1v) is 6.91. The number of carboxylic acids is 1. The molecule has 1 aliphatic rings. The van der Waals surface area contributed by atoms with Gasteiger partial charge in [0, 0.05) is 5.92 Å². The SMILES string of the molecule is C=C[C@@H]1CCC[C@H]1OC(=O)N[C@@H](CCCC)C(=O)O. The second kappa shape index (κ2) is 7.81. The zero-order chi connectivity index (χ0) is 14.3. The molecule has 0 radical (unpaired) electrons. The monoisotopic (exact) mass is 269 g/mol. The maximum absolute atomic E-state index is 11.7. The number of hydrogen-bond acceptors (Lipinski definition) is 3. The van der Waals surface area contributed by atoms with Crippen LogP contribution >= 0.6 is 0 Å². The van der Waals surface area contributed by atoms with Crippen LogP contribution in [-0.2, 0) is 9.53 Å². The largest absolute Gasteiger partial charge is 0.480 e. The normalized spacial score (nSPS) is 23.6. The first-order chi connectivity index (χ1) is 9.08. The number of ether oxygens (including phenoxy) is 1. The smallest absolute Gasteiger partial charge is 0.408 e. The Labute approximate surface area is 114 Å². The molecule has 0 saturated heterocycles. The Hall–Kier alpha value is -1.52. The standard InChI is InChI=1S/C14H23NO4/c1-3-5-8-11(13(16)17)15-14(18)19-12-9-6-7-10(12)4-2/h4,10-12H,2-3,5-9H2,1H3,(H,15,18)(H,16,17)/t10-,11+,12-/m1/s1. The van der Waals surface area contributed by atoms with Crippen LogP contribution in [0.1, 0.15) is 45.4 Å². The number of alkyl carbamates (subject to hydrolysis) is 1. The maximum atomic E-state index is 11.7. The van der Waals surface area contributed by atoms with E-state index in [9.17, 15) is 9.59 Å². The Morgan fingerprint density at radius 3 is 2.84 bits per heavy atom. The summed E-state index contributed by atoms with van der Waals surface area (Å²) in [5.74, 6) is -0.832. The van der Waals surface area contributed by atoms with E-state index in [0.717, 1.165) is 32.1 Å². The molecule has 0 heterocycles. The minimum Gasteiger partial charge on any atom is -0.480 e. The third-order valence-electron chi connectivity index (χ3n) is 3.50. The lowest BCUT2D eigenvalue weighted by Gasteiger charge is -2.19. The molecule has 0 unspecified atom stereocenters. The second-order valence-corrected chi connectivity index (χ2v) is 4.95. The molecule has 0 spiro atoms. The van der Waals surface area contributed by atoms with Gasteiger partial charge in [0.25, 0.3) is 0 Å². The Balaban J connectivity index is 2.43. The van der Waals surface area contributed by atoms with E-state index in [1.807, 2.05) is 6.92 Å². The van der Waals surface area contributed by atoms with Crippen molar-refractivity contribution in [1.29, 1.82) is 0 Å². The molecule has 5 nitrogen and oxygen atoms in total. The summed E-state index contributed by atoms with van der Waals surface area (Å²) in [7, 11) is 0. The molecule has 1 rings (SSSR count). The van der Waals surface area contributed by atoms with Crippen LogP contribution in [0.15, 0.2) is 12.7 Å². The van der Waals surface area contributed by atoms with Crippen molar-refractivity contribution in [1.82, 2.24) is 5.32 Å². The van der Waals surface area contributed by atoms with Gasteiger partial charge in [-0.1, -0.05) is 25.8 Å². The number of carbonyl (C=O) groups is 2. The van der Waals surface area contributed by atoms with Crippen LogP contribution in [0, 0.1) is 5.92 Å². The fraction of sp³-hybridized carbons (Fsp3) is 0.714. The lowest BCUT2D eigenvalue weighted by molar-refractivity contribution is -0.139. The number of rotatable bonds is 7. The molecule has 0 aromatic heterocycles. The molecular weight excluding hydrogens is 246 g/mol. The summed E-state index contributed by atoms with van der Waals surface area (Å²) in [6, 6.07) is -0.865. The molecule has 3 atom stereocenters. The molecule has 1 amide bonds. The molecule has 1 saturated carbocycles. The lowest BCUT2D eigenvalue weighted by Crippen LogP contribution is -2.42. The third kappa shape index (κ3) is 4.93. The Bertz CT molecular complexity index is 329. The molecule has 5 heteroatoms. The van der Waals surface area contributed by atoms with Crippen molar-refractivity contribution in [2.45, 2.75) is 57.6 Å². The second-order valence-electron chi connectivity index (χ2n) is 4.95. The van der Waals surface area contributed by atoms with Crippen molar-refractivity contribution in [3.63, 3.8) is 0 Å². The predicted molar refractivity (Wildman–Crippen MR) is 71.9 cm³/mol. The number of aliphatic carboxylic acids is 1. The summed E-state index contributed by atoms with van der Waals surface area (Å²) < 4.78 is 5.29. The molecule has 1 aliphatic carbocycles. The molecule has 1 fully saturated rings. The van der Waals surface area contributed by atoms with Gasteiger partial charge in [-0.05, 0) is 25.7 Å². The minimum atomic E-state index is -1.02. The van der Waals surface area contributed by atoms with Gasteiger partial charge >= 0.3 is 12.1 Å². The lowest BCUT2D eigenvalue weighted by atomic mass is 10.1. The van der Waals surface area contributed by atoms with Crippen LogP contribution in [0.2, 0.25) is 0 Å². The van der Waals surface area contributed by atoms with E-state index in [1.165, 1.54) is 0 Å². The van der Waals surface area contributed by atoms with Gasteiger partial charge in [0.05, 0.1) is 0 Å². The Kier molecular flexibility index (Phi) is 6.39. The molecule has 108 valence electrons. The van der Waals surface area contributed by atoms with Crippen LogP contribution in [0.3, 0.4) is 0 Å². The Morgan fingerprint density at radius 1 is 1.53 bits per heavy atom. The van der Waals surface area contributed by atoms with Gasteiger partial charge in [0.1, 0.15) is 12.1 Å². The summed E-state index contributed by atoms with van der Waals surface area (Å²) in [6.45, 7) is 5.70. The zero-order valence-electron chi connectivity index (χ0n) is 11.4. The first-order valence-electron chi connectivity index (χ1n) is 6.91. The number of nitrogens with one attached hydrogen (secondary N) is 1. The summed E-state index contributed by atoms with van der Waals surface area (Å²) in [5, 5.41) is 11.4. The highest BCUT2D eigenvalue weighted by Gasteiger charge is 2.29. The topological polar surface area (TPSA) is 75.6 Å². The van der Waals surface area contributed by atoms with Crippen molar-refractivity contribution < 1.29 is 19.4 Å². The summed E-state index contributed by atoms with van der Waals surface area (Å²) in [5.41, 5.74) is 0. The molecule has 0 aliphatic heterocycles. The van der Waals surface area contributed by atoms with Crippen molar-refractivity contribution >= 4 is 12.1 Å². The molecular formula is C14H23NO4. The highest BCUT2D eigenvalue weighted by Crippen LogP contribution is 2.28. The van der Waals surface area contributed by atoms with Crippen LogP contribution in [0.5, 0.6) is 0 Å². The van der Waals surface area contributed by atoms with Crippen LogP contribution in [-0.4, -0.2) is 29.3 Å². The number of unbranched alkanes of at least 4 members (excludes halogenated alkanes) is 1. The van der Waals surface area contributed by atoms with E-state index in [2.05, 4.69) is 11.9 Å². The van der Waals surface area contributed by atoms with E-state index in [4.69, 9.17) is 9.84 Å². The van der Waals surface area contributed by atoms with E-state index >= 15 is 0 Å². The number of amides is 1. The van der Waals surface area contributed by atoms with Gasteiger partial charge < -0.3 is 15.2 Å². The van der Waals surface area contributed by atoms with E-state index in [-0.39, 0.29) is 12.0 Å². The van der Waals surface area contributed by atoms with Crippen molar-refractivity contribution in [3.8, 4) is 0 Å². The van der Waals surface area contributed by atoms with Gasteiger partial charge in [-0.25, -0.2) is 9.59 Å². The fourth-order valence-corrected chi connectivity index (χ4v) is 2.35. The van der Waals surface area contributed by atoms with Crippen molar-refractivity contribution in [3.05, 3.63) is 12.7 Å². The number of carboxylic acid groups (broad SMARTS) is 1. The highest BCUT2D eigenvalue weighted by molar-refractivity contribution is 5.79. The van der Waals surface area contributed by atoms with E-state index in [0.29, 0.717) is 6.42 Å². The molecule has 19 heavy (non-hydrogen) atoms. The minimum absolute atomic E-state index is 0.168. The predicted octanol–water partition coefficient (Wildman–Crippen LogP) is 2.71. The first kappa shape index (κ1) is 15.5. The molecule has 0 aromatic rings. The third-order valence-corrected chi connectivity index (χ3v) is 3.50. The van der Waals surface area contributed by atoms with E-state index < -0.39 is 18.1 Å². The van der Waals surface area contributed by atoms with Crippen LogP contribution in [0.25, 0.3) is 0 Å². The highest BCUT2D eigenvalue weighted by atomic mass is 16.6. The zero-order valence-corrected chi connectivity index (χ0v) is 11.4. The van der Waals surface area contributed by atoms with Gasteiger partial charge in [-0.3, -0.25) is 0 Å². The maximum Gasteiger partial charge on any atom is 0.408 e. The number of carbonyl (C=O) groups excluding carboxylic acids is 1. The van der Waals surface area contributed by atoms with Gasteiger partial charge in [-0.15, -0.1) is 6.58 Å². The summed E-state index contributed by atoms with van der Waals surface area (Å²) in [4.78, 5) is 22.7. The summed E-state index contributed by atoms with van der Waals surface area (Å²) >= 11 is 0. The van der Waals surface area contributed by atoms with E-state index in [1.54, 1.807) is 6.08 Å². The van der Waals surface area contributed by atoms with Gasteiger partial charge in [0.2, 0.25) is 0 Å². The van der Waals surface area contributed by atoms with Crippen LogP contribution < -0.4 is 5.32 Å². The molecule has 0 aromatic carbocycles. The number of hydrogen-bond donors (Lipinski definition) is 2. The van der Waals surface area contributed by atoms with Crippen LogP contribution in [0.4, 0.5) is 4.79 Å². The average Bonchev–Trinajstić information content (AvgIpc) is 2.81. The quantitative estimate of drug-likeness (QED) is 0.697. The van der Waals surface area contributed by atoms with Crippen molar-refractivity contribution in [2.24, 2.45) is 5.92 Å².